The van der Waals surface area contributed by atoms with Gasteiger partial charge in [-0.05, 0) is 28.1 Å². The molecular weight excluding hydrogens is 248 g/mol. The zero-order chi connectivity index (χ0) is 10.7. The lowest BCUT2D eigenvalue weighted by atomic mass is 10.1. The van der Waals surface area contributed by atoms with Gasteiger partial charge in [0.05, 0.1) is 23.9 Å². The molecule has 14 heavy (non-hydrogen) atoms. The Hall–Kier alpha value is -1.54. The van der Waals surface area contributed by atoms with Crippen molar-refractivity contribution >= 4 is 27.6 Å². The molecule has 0 aliphatic carbocycles. The van der Waals surface area contributed by atoms with Crippen LogP contribution in [0.5, 0.6) is 0 Å². The minimum Gasteiger partial charge on any atom is -0.465 e. The maximum Gasteiger partial charge on any atom is 0.339 e. The molecule has 5 heteroatoms. The fraction of sp³-hybridized carbons (Fsp3) is 0.111. The summed E-state index contributed by atoms with van der Waals surface area (Å²) in [5, 5.41) is 8.69. The first kappa shape index (κ1) is 10.5. The highest BCUT2D eigenvalue weighted by atomic mass is 79.9. The predicted molar refractivity (Wildman–Crippen MR) is 54.6 cm³/mol. The molecule has 0 fully saturated rings. The average molecular weight is 255 g/mol. The SMILES string of the molecule is COC(=O)c1cc(C#N)c(N)cc1Br. The van der Waals surface area contributed by atoms with Crippen molar-refractivity contribution in [3.63, 3.8) is 0 Å². The van der Waals surface area contributed by atoms with E-state index in [1.165, 1.54) is 19.2 Å². The molecule has 0 bridgehead atoms. The molecule has 0 saturated carbocycles. The van der Waals surface area contributed by atoms with E-state index in [1.807, 2.05) is 6.07 Å². The highest BCUT2D eigenvalue weighted by Crippen LogP contribution is 2.23. The van der Waals surface area contributed by atoms with Gasteiger partial charge in [0.1, 0.15) is 6.07 Å². The first-order valence-electron chi connectivity index (χ1n) is 3.67. The van der Waals surface area contributed by atoms with E-state index in [4.69, 9.17) is 11.0 Å². The molecule has 0 amide bonds. The van der Waals surface area contributed by atoms with Gasteiger partial charge in [-0.3, -0.25) is 0 Å². The van der Waals surface area contributed by atoms with Crippen LogP contribution >= 0.6 is 15.9 Å². The minimum absolute atomic E-state index is 0.258. The number of methoxy groups -OCH3 is 1. The van der Waals surface area contributed by atoms with Crippen LogP contribution in [0.4, 0.5) is 5.69 Å². The van der Waals surface area contributed by atoms with E-state index >= 15 is 0 Å². The Labute approximate surface area is 89.4 Å². The first-order valence-corrected chi connectivity index (χ1v) is 4.47. The van der Waals surface area contributed by atoms with Crippen molar-refractivity contribution in [2.45, 2.75) is 0 Å². The molecule has 0 spiro atoms. The number of halogens is 1. The first-order chi connectivity index (χ1) is 6.60. The van der Waals surface area contributed by atoms with Gasteiger partial charge >= 0.3 is 5.97 Å². The Bertz CT molecular complexity index is 424. The number of hydrogen-bond donors (Lipinski definition) is 1. The molecule has 4 nitrogen and oxygen atoms in total. The van der Waals surface area contributed by atoms with Crippen molar-refractivity contribution in [1.82, 2.24) is 0 Å². The average Bonchev–Trinajstić information content (AvgIpc) is 2.17. The van der Waals surface area contributed by atoms with E-state index in [9.17, 15) is 4.79 Å². The molecule has 1 aromatic rings. The van der Waals surface area contributed by atoms with Gasteiger partial charge in [0, 0.05) is 4.47 Å². The zero-order valence-corrected chi connectivity index (χ0v) is 8.96. The fourth-order valence-electron chi connectivity index (χ4n) is 0.952. The van der Waals surface area contributed by atoms with E-state index in [2.05, 4.69) is 20.7 Å². The van der Waals surface area contributed by atoms with Gasteiger partial charge in [-0.2, -0.15) is 5.26 Å². The number of carbonyl (C=O) groups is 1. The van der Waals surface area contributed by atoms with Crippen LogP contribution in [-0.4, -0.2) is 13.1 Å². The quantitative estimate of drug-likeness (QED) is 0.611. The van der Waals surface area contributed by atoms with E-state index in [0.29, 0.717) is 15.7 Å². The number of esters is 1. The molecule has 0 heterocycles. The van der Waals surface area contributed by atoms with Gasteiger partial charge in [0.2, 0.25) is 0 Å². The lowest BCUT2D eigenvalue weighted by Crippen LogP contribution is -2.04. The number of nitrogen functional groups attached to an aromatic ring is 1. The van der Waals surface area contributed by atoms with Gasteiger partial charge in [-0.25, -0.2) is 4.79 Å². The van der Waals surface area contributed by atoms with Crippen molar-refractivity contribution in [3.05, 3.63) is 27.7 Å². The number of nitriles is 1. The van der Waals surface area contributed by atoms with Crippen molar-refractivity contribution < 1.29 is 9.53 Å². The maximum atomic E-state index is 11.2. The molecule has 0 saturated heterocycles. The summed E-state index contributed by atoms with van der Waals surface area (Å²) in [6.07, 6.45) is 0. The van der Waals surface area contributed by atoms with Crippen LogP contribution in [0.2, 0.25) is 0 Å². The summed E-state index contributed by atoms with van der Waals surface area (Å²) in [5.74, 6) is -0.506. The van der Waals surface area contributed by atoms with Gasteiger partial charge in [-0.1, -0.05) is 0 Å². The zero-order valence-electron chi connectivity index (χ0n) is 7.37. The lowest BCUT2D eigenvalue weighted by Gasteiger charge is -2.04. The van der Waals surface area contributed by atoms with Crippen LogP contribution in [0.15, 0.2) is 16.6 Å². The summed E-state index contributed by atoms with van der Waals surface area (Å²) in [7, 11) is 1.27. The predicted octanol–water partition coefficient (Wildman–Crippen LogP) is 1.69. The minimum atomic E-state index is -0.506. The summed E-state index contributed by atoms with van der Waals surface area (Å²) in [4.78, 5) is 11.2. The summed E-state index contributed by atoms with van der Waals surface area (Å²) >= 11 is 3.16. The van der Waals surface area contributed by atoms with Crippen molar-refractivity contribution in [3.8, 4) is 6.07 Å². The van der Waals surface area contributed by atoms with Crippen LogP contribution < -0.4 is 5.73 Å². The van der Waals surface area contributed by atoms with Crippen LogP contribution in [0, 0.1) is 11.3 Å². The van der Waals surface area contributed by atoms with E-state index in [0.717, 1.165) is 0 Å². The summed E-state index contributed by atoms with van der Waals surface area (Å²) in [6.45, 7) is 0. The number of nitrogens with two attached hydrogens (primary N) is 1. The van der Waals surface area contributed by atoms with Crippen LogP contribution in [0.1, 0.15) is 15.9 Å². The molecule has 0 unspecified atom stereocenters. The molecule has 1 aromatic carbocycles. The van der Waals surface area contributed by atoms with Gasteiger partial charge in [-0.15, -0.1) is 0 Å². The number of rotatable bonds is 1. The van der Waals surface area contributed by atoms with E-state index < -0.39 is 5.97 Å². The van der Waals surface area contributed by atoms with E-state index in [-0.39, 0.29) is 5.56 Å². The number of nitrogens with zero attached hydrogens (tertiary/aromatic N) is 1. The van der Waals surface area contributed by atoms with Crippen molar-refractivity contribution in [2.75, 3.05) is 12.8 Å². The van der Waals surface area contributed by atoms with Crippen molar-refractivity contribution in [2.24, 2.45) is 0 Å². The number of carbonyl (C=O) groups excluding carboxylic acids is 1. The molecule has 0 aliphatic rings. The third kappa shape index (κ3) is 1.86. The largest absolute Gasteiger partial charge is 0.465 e. The molecular formula is C9H7BrN2O2. The Morgan fingerprint density at radius 1 is 1.64 bits per heavy atom. The molecule has 72 valence electrons. The van der Waals surface area contributed by atoms with Gasteiger partial charge < -0.3 is 10.5 Å². The molecule has 0 atom stereocenters. The highest BCUT2D eigenvalue weighted by molar-refractivity contribution is 9.10. The number of benzene rings is 1. The summed E-state index contributed by atoms with van der Waals surface area (Å²) in [5.41, 5.74) is 6.41. The Kier molecular flexibility index (Phi) is 3.10. The molecule has 0 aliphatic heterocycles. The standard InChI is InChI=1S/C9H7BrN2O2/c1-14-9(13)6-2-5(4-11)8(12)3-7(6)10/h2-3H,12H2,1H3. The maximum absolute atomic E-state index is 11.2. The lowest BCUT2D eigenvalue weighted by molar-refractivity contribution is 0.0599. The molecule has 0 aromatic heterocycles. The fourth-order valence-corrected chi connectivity index (χ4v) is 1.47. The van der Waals surface area contributed by atoms with Gasteiger partial charge in [0.25, 0.3) is 0 Å². The van der Waals surface area contributed by atoms with Crippen LogP contribution in [0.25, 0.3) is 0 Å². The Morgan fingerprint density at radius 3 is 2.79 bits per heavy atom. The second-order valence-electron chi connectivity index (χ2n) is 2.52. The van der Waals surface area contributed by atoms with Crippen LogP contribution in [0.3, 0.4) is 0 Å². The molecule has 1 rings (SSSR count). The second kappa shape index (κ2) is 4.11. The normalized spacial score (nSPS) is 9.21. The topological polar surface area (TPSA) is 76.1 Å². The third-order valence-electron chi connectivity index (χ3n) is 1.66. The molecule has 0 radical (unpaired) electrons. The number of ether oxygens (including phenoxy) is 1. The molecule has 2 N–H and O–H groups in total. The van der Waals surface area contributed by atoms with Crippen molar-refractivity contribution in [1.29, 1.82) is 5.26 Å². The van der Waals surface area contributed by atoms with E-state index in [1.54, 1.807) is 0 Å². The number of anilines is 1. The second-order valence-corrected chi connectivity index (χ2v) is 3.38. The smallest absolute Gasteiger partial charge is 0.339 e. The Morgan fingerprint density at radius 2 is 2.29 bits per heavy atom. The summed E-state index contributed by atoms with van der Waals surface area (Å²) < 4.78 is 5.05. The summed E-state index contributed by atoms with van der Waals surface area (Å²) in [6, 6.07) is 4.79. The van der Waals surface area contributed by atoms with Gasteiger partial charge in [0.15, 0.2) is 0 Å². The third-order valence-corrected chi connectivity index (χ3v) is 2.32. The van der Waals surface area contributed by atoms with Crippen LogP contribution in [-0.2, 0) is 4.74 Å². The number of hydrogen-bond acceptors (Lipinski definition) is 4. The Balaban J connectivity index is 3.33. The highest BCUT2D eigenvalue weighted by Gasteiger charge is 2.13. The monoisotopic (exact) mass is 254 g/mol.